The number of carboxylic acids is 2. The van der Waals surface area contributed by atoms with E-state index in [1.165, 1.54) is 71.0 Å². The topological polar surface area (TPSA) is 394 Å². The minimum absolute atomic E-state index is 0.0197. The van der Waals surface area contributed by atoms with Crippen LogP contribution in [0.4, 0.5) is 43.8 Å². The van der Waals surface area contributed by atoms with Crippen molar-refractivity contribution in [2.45, 2.75) is 88.3 Å². The number of hydrazone groups is 1. The molecule has 3 atom stereocenters. The number of carboxylic acid groups (broad SMARTS) is 2. The molecule has 0 aliphatic heterocycles. The Hall–Kier alpha value is -10.6. The number of alkyl halides is 6. The number of nitrogens with two attached hydrogens (primary N) is 2. The Morgan fingerprint density at radius 2 is 1.19 bits per heavy atom. The zero-order valence-electron chi connectivity index (χ0n) is 50.5. The molecular weight excluding hydrogens is 1200 g/mol. The number of anilines is 2. The molecule has 2 amide bonds. The van der Waals surface area contributed by atoms with Crippen LogP contribution in [-0.4, -0.2) is 187 Å². The fourth-order valence-corrected chi connectivity index (χ4v) is 7.49. The van der Waals surface area contributed by atoms with Crippen molar-refractivity contribution in [1.82, 2.24) is 79.3 Å². The molecule has 0 aromatic carbocycles. The summed E-state index contributed by atoms with van der Waals surface area (Å²) in [5, 5.41) is 52.8. The predicted molar refractivity (Wildman–Crippen MR) is 314 cm³/mol. The molecule has 3 aliphatic rings. The maximum Gasteiger partial charge on any atom is 0.342 e. The lowest BCUT2D eigenvalue weighted by Crippen LogP contribution is -2.49. The molecule has 36 heteroatoms. The van der Waals surface area contributed by atoms with Gasteiger partial charge in [-0.1, -0.05) is 18.2 Å². The van der Waals surface area contributed by atoms with E-state index in [1.54, 1.807) is 90.9 Å². The molecule has 8 N–H and O–H groups in total. The maximum atomic E-state index is 13.8. The van der Waals surface area contributed by atoms with Gasteiger partial charge in [0.15, 0.2) is 17.5 Å². The lowest BCUT2D eigenvalue weighted by molar-refractivity contribution is -0.134. The minimum Gasteiger partial charge on any atom is -0.481 e. The number of carbonyl (C=O) groups excluding carboxylic acids is 2. The monoisotopic (exact) mass is 1270 g/mol. The summed E-state index contributed by atoms with van der Waals surface area (Å²) in [5.74, 6) is -8.83. The van der Waals surface area contributed by atoms with Crippen LogP contribution in [0.2, 0.25) is 0 Å². The number of aromatic carboxylic acids is 1. The van der Waals surface area contributed by atoms with Crippen molar-refractivity contribution in [3.05, 3.63) is 96.5 Å². The molecule has 3 unspecified atom stereocenters. The first-order valence-electron chi connectivity index (χ1n) is 26.6. The van der Waals surface area contributed by atoms with Crippen LogP contribution in [0, 0.1) is 11.3 Å². The van der Waals surface area contributed by atoms with Gasteiger partial charge in [-0.25, -0.2) is 56.5 Å². The van der Waals surface area contributed by atoms with Gasteiger partial charge in [0.1, 0.15) is 70.9 Å². The summed E-state index contributed by atoms with van der Waals surface area (Å²) < 4.78 is 93.4. The molecule has 484 valence electrons. The molecule has 7 heterocycles. The number of nitrogen functional groups attached to an aromatic ring is 1. The largest absolute Gasteiger partial charge is 0.481 e. The highest BCUT2D eigenvalue weighted by Gasteiger charge is 2.51. The van der Waals surface area contributed by atoms with Gasteiger partial charge < -0.3 is 55.4 Å². The number of pyridine rings is 3. The van der Waals surface area contributed by atoms with Crippen LogP contribution in [0.3, 0.4) is 0 Å². The van der Waals surface area contributed by atoms with Crippen molar-refractivity contribution in [3.63, 3.8) is 0 Å². The molecule has 3 saturated carbocycles. The summed E-state index contributed by atoms with van der Waals surface area (Å²) in [6, 6.07) is 13.9. The molecule has 3 aliphatic carbocycles. The standard InChI is InChI=1S/C17H17F2N7O2.C12H18N6O.C11H11F2N5.C6H8N2O3.C4H7F2N.C2H3N.C2H4O2/c1-25-8-10(16(24-25)28-2)15(27)22-13-5-3-4-11(21-13)14-23-20-9-26(14)12-6-7-17(12,18)19;1-17(2)8-13-11-7-5-6-10(15-11)12(19)16-14-9-18(3)4;12-11(13)5-4-8(11)18-6-15-17-10(18)7-2-1-3-9(14)16-7;1-8-3-4(6(9)10)5(7-8)11-2;5-4(6)2-1-3(4)7;1-2-3;1-2(3)4/h3-5,8-9,12H,6-7H2,1-2H3,(H,21,22,27);5-9H,1-4H3,(H,16,19);1-3,6,8H,4-5H2,(H2,14,16);3H,1-2H3,(H,9,10);3H,1-2,7H2;1H3;1H3,(H,3,4)/b;13-8?,14-9+;;;;;. The maximum absolute atomic E-state index is 13.8. The smallest absolute Gasteiger partial charge is 0.342 e. The third kappa shape index (κ3) is 21.1. The van der Waals surface area contributed by atoms with Gasteiger partial charge in [-0.05, 0) is 55.7 Å². The molecule has 10 rings (SSSR count). The van der Waals surface area contributed by atoms with Crippen molar-refractivity contribution in [2.75, 3.05) is 53.5 Å². The number of methoxy groups -OCH3 is 2. The number of halogens is 6. The van der Waals surface area contributed by atoms with Crippen LogP contribution in [-0.2, 0) is 18.9 Å². The minimum atomic E-state index is -2.79. The van der Waals surface area contributed by atoms with E-state index < -0.39 is 53.7 Å². The van der Waals surface area contributed by atoms with Crippen molar-refractivity contribution >= 4 is 53.9 Å². The highest BCUT2D eigenvalue weighted by atomic mass is 19.3. The summed E-state index contributed by atoms with van der Waals surface area (Å²) in [5.41, 5.74) is 14.2. The predicted octanol–water partition coefficient (Wildman–Crippen LogP) is 6.23. The average molecular weight is 1270 g/mol. The number of ether oxygens (including phenoxy) is 2. The van der Waals surface area contributed by atoms with Crippen LogP contribution >= 0.6 is 0 Å². The average Bonchev–Trinajstić information content (AvgIpc) is 1.38. The van der Waals surface area contributed by atoms with Crippen molar-refractivity contribution in [1.29, 1.82) is 5.26 Å². The van der Waals surface area contributed by atoms with Crippen LogP contribution in [0.15, 0.2) is 89.7 Å². The quantitative estimate of drug-likeness (QED) is 0.0304. The first-order chi connectivity index (χ1) is 42.4. The molecule has 90 heavy (non-hydrogen) atoms. The number of aryl methyl sites for hydroxylation is 2. The summed E-state index contributed by atoms with van der Waals surface area (Å²) >= 11 is 0. The molecule has 30 nitrogen and oxygen atoms in total. The molecule has 3 fully saturated rings. The fraction of sp³-hybridized carbons (Fsp3) is 0.407. The Balaban J connectivity index is 0.000000247. The Morgan fingerprint density at radius 3 is 1.60 bits per heavy atom. The third-order valence-corrected chi connectivity index (χ3v) is 12.1. The van der Waals surface area contributed by atoms with Gasteiger partial charge in [0.2, 0.25) is 11.8 Å². The normalized spacial score (nSPS) is 16.6. The van der Waals surface area contributed by atoms with E-state index >= 15 is 0 Å². The molecule has 7 aromatic rings. The van der Waals surface area contributed by atoms with Gasteiger partial charge in [-0.15, -0.1) is 30.6 Å². The first-order valence-corrected chi connectivity index (χ1v) is 26.6. The highest BCUT2D eigenvalue weighted by molar-refractivity contribution is 6.05. The summed E-state index contributed by atoms with van der Waals surface area (Å²) in [6.45, 7) is 2.51. The SMILES string of the molecule is CC#N.CC(=O)O.CN(C)C=Nc1cccc(C(=O)N/N=C/N(C)C)n1.COc1nn(C)cc1C(=O)Nc1cccc(-c2nncn2C2CCC2(F)F)n1.COc1nn(C)cc1C(=O)O.NC1CCC1(F)F.Nc1cccc(-c2nncn2C2CCC2(F)F)n1. The van der Waals surface area contributed by atoms with Crippen molar-refractivity contribution < 1.29 is 65.2 Å². The van der Waals surface area contributed by atoms with E-state index in [4.69, 9.17) is 41.2 Å². The summed E-state index contributed by atoms with van der Waals surface area (Å²) in [7, 11) is 13.4. The van der Waals surface area contributed by atoms with Gasteiger partial charge in [-0.2, -0.15) is 10.4 Å². The van der Waals surface area contributed by atoms with E-state index in [0.29, 0.717) is 48.1 Å². The Morgan fingerprint density at radius 1 is 0.722 bits per heavy atom. The zero-order chi connectivity index (χ0) is 67.1. The lowest BCUT2D eigenvalue weighted by atomic mass is 9.87. The molecule has 0 radical (unpaired) electrons. The molecule has 7 aromatic heterocycles. The Labute approximate surface area is 511 Å². The van der Waals surface area contributed by atoms with Gasteiger partial charge in [0.05, 0.1) is 32.7 Å². The van der Waals surface area contributed by atoms with Gasteiger partial charge in [0, 0.05) is 87.8 Å². The number of aromatic nitrogens is 13. The number of hydrogen-bond acceptors (Lipinski definition) is 20. The highest BCUT2D eigenvalue weighted by Crippen LogP contribution is 2.49. The van der Waals surface area contributed by atoms with Crippen LogP contribution in [0.5, 0.6) is 11.8 Å². The zero-order valence-corrected chi connectivity index (χ0v) is 50.5. The number of rotatable bonds is 14. The van der Waals surface area contributed by atoms with Gasteiger partial charge in [0.25, 0.3) is 35.6 Å². The van der Waals surface area contributed by atoms with E-state index in [-0.39, 0.29) is 65.4 Å². The second-order valence-corrected chi connectivity index (χ2v) is 19.7. The number of aliphatic imine (C=N–C) groups is 1. The summed E-state index contributed by atoms with van der Waals surface area (Å²) in [4.78, 5) is 63.9. The third-order valence-electron chi connectivity index (χ3n) is 12.1. The van der Waals surface area contributed by atoms with Crippen LogP contribution in [0.25, 0.3) is 23.0 Å². The number of nitriles is 1. The van der Waals surface area contributed by atoms with Crippen molar-refractivity contribution in [2.24, 2.45) is 29.9 Å². The van der Waals surface area contributed by atoms with E-state index in [0.717, 1.165) is 6.92 Å². The second kappa shape index (κ2) is 32.9. The van der Waals surface area contributed by atoms with E-state index in [1.807, 2.05) is 28.2 Å². The first kappa shape index (κ1) is 71.9. The number of nitrogens with zero attached hydrogens (tertiary/aromatic N) is 18. The number of nitrogens with one attached hydrogen (secondary N) is 2. The fourth-order valence-electron chi connectivity index (χ4n) is 7.49. The molecule has 0 spiro atoms. The Kier molecular flexibility index (Phi) is 26.3. The number of carbonyl (C=O) groups is 4. The van der Waals surface area contributed by atoms with E-state index in [9.17, 15) is 40.7 Å². The Bertz CT molecular complexity index is 3600. The van der Waals surface area contributed by atoms with Crippen LogP contribution < -0.4 is 31.7 Å². The summed E-state index contributed by atoms with van der Waals surface area (Å²) in [6.07, 6.45) is 9.58. The van der Waals surface area contributed by atoms with E-state index in [2.05, 4.69) is 66.4 Å². The number of aliphatic carboxylic acids is 1. The molecule has 0 saturated heterocycles. The van der Waals surface area contributed by atoms with Gasteiger partial charge in [-0.3, -0.25) is 23.7 Å². The van der Waals surface area contributed by atoms with Crippen LogP contribution in [0.1, 0.15) is 95.7 Å². The van der Waals surface area contributed by atoms with Crippen molar-refractivity contribution in [3.8, 4) is 40.9 Å². The number of hydrogen-bond donors (Lipinski definition) is 6. The second-order valence-electron chi connectivity index (χ2n) is 19.7. The number of amides is 2. The lowest BCUT2D eigenvalue weighted by Gasteiger charge is -2.37. The molecule has 0 bridgehead atoms. The molecular formula is C54H68F6N22O8. The van der Waals surface area contributed by atoms with Gasteiger partial charge >= 0.3 is 5.97 Å².